The molecule has 2 heterocycles. The second kappa shape index (κ2) is 6.80. The summed E-state index contributed by atoms with van der Waals surface area (Å²) < 4.78 is 9.58. The van der Waals surface area contributed by atoms with Crippen LogP contribution in [0.4, 0.5) is 0 Å². The second-order valence-corrected chi connectivity index (χ2v) is 6.51. The van der Waals surface area contributed by atoms with Gasteiger partial charge in [-0.2, -0.15) is 0 Å². The second-order valence-electron chi connectivity index (χ2n) is 6.51. The summed E-state index contributed by atoms with van der Waals surface area (Å²) in [6.45, 7) is 4.16. The van der Waals surface area contributed by atoms with Gasteiger partial charge in [0.15, 0.2) is 11.2 Å². The smallest absolute Gasteiger partial charge is 0.332 e. The number of imidazole rings is 1. The Kier molecular flexibility index (Phi) is 4.69. The number of aromatic nitrogens is 4. The summed E-state index contributed by atoms with van der Waals surface area (Å²) in [5, 5.41) is 10.3. The van der Waals surface area contributed by atoms with Gasteiger partial charge >= 0.3 is 5.69 Å². The van der Waals surface area contributed by atoms with Crippen molar-refractivity contribution < 1.29 is 9.84 Å². The van der Waals surface area contributed by atoms with E-state index in [1.54, 1.807) is 11.6 Å². The van der Waals surface area contributed by atoms with E-state index in [1.165, 1.54) is 17.9 Å². The van der Waals surface area contributed by atoms with E-state index in [4.69, 9.17) is 4.74 Å². The molecule has 0 bridgehead atoms. The van der Waals surface area contributed by atoms with Crippen molar-refractivity contribution in [2.24, 2.45) is 14.1 Å². The van der Waals surface area contributed by atoms with Gasteiger partial charge in [-0.25, -0.2) is 9.78 Å². The molecule has 8 heteroatoms. The Labute approximate surface area is 149 Å². The number of hydrogen-bond acceptors (Lipinski definition) is 5. The van der Waals surface area contributed by atoms with Gasteiger partial charge < -0.3 is 14.4 Å². The molecule has 0 aliphatic heterocycles. The normalized spacial score (nSPS) is 12.5. The van der Waals surface area contributed by atoms with Crippen LogP contribution in [0.5, 0.6) is 5.75 Å². The van der Waals surface area contributed by atoms with Crippen LogP contribution < -0.4 is 16.0 Å². The molecule has 0 fully saturated rings. The van der Waals surface area contributed by atoms with Gasteiger partial charge in [0.05, 0.1) is 12.9 Å². The first-order valence-corrected chi connectivity index (χ1v) is 8.28. The van der Waals surface area contributed by atoms with Gasteiger partial charge in [0.25, 0.3) is 5.56 Å². The molecule has 1 aromatic carbocycles. The van der Waals surface area contributed by atoms with Crippen LogP contribution in [0.1, 0.15) is 11.1 Å². The fourth-order valence-corrected chi connectivity index (χ4v) is 2.96. The van der Waals surface area contributed by atoms with Crippen LogP contribution in [-0.4, -0.2) is 36.5 Å². The van der Waals surface area contributed by atoms with Gasteiger partial charge in [-0.1, -0.05) is 17.7 Å². The molecule has 8 nitrogen and oxygen atoms in total. The average Bonchev–Trinajstić information content (AvgIpc) is 3.01. The highest BCUT2D eigenvalue weighted by Gasteiger charge is 2.16. The van der Waals surface area contributed by atoms with E-state index in [0.29, 0.717) is 11.4 Å². The minimum absolute atomic E-state index is 0.0790. The summed E-state index contributed by atoms with van der Waals surface area (Å²) in [6.07, 6.45) is 0.612. The highest BCUT2D eigenvalue weighted by molar-refractivity contribution is 5.69. The van der Waals surface area contributed by atoms with Gasteiger partial charge in [0.2, 0.25) is 0 Å². The van der Waals surface area contributed by atoms with E-state index in [1.807, 2.05) is 32.0 Å². The zero-order chi connectivity index (χ0) is 19.0. The van der Waals surface area contributed by atoms with Crippen molar-refractivity contribution in [1.82, 2.24) is 18.7 Å². The number of rotatable bonds is 5. The monoisotopic (exact) mass is 358 g/mol. The first-order valence-electron chi connectivity index (χ1n) is 8.28. The first kappa shape index (κ1) is 17.9. The molecule has 0 amide bonds. The van der Waals surface area contributed by atoms with Crippen molar-refractivity contribution in [3.63, 3.8) is 0 Å². The van der Waals surface area contributed by atoms with E-state index >= 15 is 0 Å². The maximum atomic E-state index is 12.4. The van der Waals surface area contributed by atoms with Crippen LogP contribution in [0.2, 0.25) is 0 Å². The van der Waals surface area contributed by atoms with E-state index in [0.717, 1.165) is 15.7 Å². The van der Waals surface area contributed by atoms with Gasteiger partial charge in [-0.15, -0.1) is 0 Å². The molecule has 1 N–H and O–H groups in total. The van der Waals surface area contributed by atoms with Crippen LogP contribution in [0.3, 0.4) is 0 Å². The molecule has 2 aromatic heterocycles. The maximum Gasteiger partial charge on any atom is 0.332 e. The zero-order valence-electron chi connectivity index (χ0n) is 15.3. The third-order valence-corrected chi connectivity index (χ3v) is 4.39. The summed E-state index contributed by atoms with van der Waals surface area (Å²) in [6, 6.07) is 5.83. The Morgan fingerprint density at radius 1 is 1.19 bits per heavy atom. The summed E-state index contributed by atoms with van der Waals surface area (Å²) in [5.74, 6) is 0.712. The average molecular weight is 358 g/mol. The molecule has 26 heavy (non-hydrogen) atoms. The van der Waals surface area contributed by atoms with Crippen LogP contribution >= 0.6 is 0 Å². The lowest BCUT2D eigenvalue weighted by molar-refractivity contribution is 0.0930. The SMILES string of the molecule is Cc1ccc(OCC(O)Cn2cnc3c2c(=O)n(C)c(=O)n3C)c(C)c1. The number of aliphatic hydroxyl groups is 1. The molecule has 0 saturated heterocycles. The Bertz CT molecular complexity index is 1080. The molecule has 1 atom stereocenters. The van der Waals surface area contributed by atoms with Crippen molar-refractivity contribution in [2.75, 3.05) is 6.61 Å². The topological polar surface area (TPSA) is 91.3 Å². The maximum absolute atomic E-state index is 12.4. The standard InChI is InChI=1S/C18H22N4O4/c1-11-5-6-14(12(2)7-11)26-9-13(23)8-22-10-19-16-15(22)17(24)21(4)18(25)20(16)3/h5-7,10,13,23H,8-9H2,1-4H3. The summed E-state index contributed by atoms with van der Waals surface area (Å²) >= 11 is 0. The van der Waals surface area contributed by atoms with Gasteiger partial charge in [0.1, 0.15) is 18.5 Å². The molecule has 3 aromatic rings. The van der Waals surface area contributed by atoms with E-state index in [-0.39, 0.29) is 18.7 Å². The quantitative estimate of drug-likeness (QED) is 0.717. The Morgan fingerprint density at radius 3 is 2.62 bits per heavy atom. The number of ether oxygens (including phenoxy) is 1. The molecule has 3 rings (SSSR count). The third kappa shape index (κ3) is 3.15. The molecule has 0 aliphatic rings. The van der Waals surface area contributed by atoms with E-state index < -0.39 is 17.4 Å². The van der Waals surface area contributed by atoms with E-state index in [2.05, 4.69) is 4.98 Å². The lowest BCUT2D eigenvalue weighted by atomic mass is 10.1. The number of benzene rings is 1. The molecule has 0 spiro atoms. The van der Waals surface area contributed by atoms with Crippen molar-refractivity contribution in [2.45, 2.75) is 26.5 Å². The van der Waals surface area contributed by atoms with Gasteiger partial charge in [0, 0.05) is 14.1 Å². The lowest BCUT2D eigenvalue weighted by Crippen LogP contribution is -2.38. The Balaban J connectivity index is 1.81. The van der Waals surface area contributed by atoms with Crippen molar-refractivity contribution >= 4 is 11.2 Å². The highest BCUT2D eigenvalue weighted by atomic mass is 16.5. The fourth-order valence-electron chi connectivity index (χ4n) is 2.96. The van der Waals surface area contributed by atoms with Crippen LogP contribution in [0, 0.1) is 13.8 Å². The molecule has 0 saturated carbocycles. The Morgan fingerprint density at radius 2 is 1.92 bits per heavy atom. The zero-order valence-corrected chi connectivity index (χ0v) is 15.3. The van der Waals surface area contributed by atoms with E-state index in [9.17, 15) is 14.7 Å². The minimum atomic E-state index is -0.838. The summed E-state index contributed by atoms with van der Waals surface area (Å²) in [7, 11) is 2.97. The molecular formula is C18H22N4O4. The van der Waals surface area contributed by atoms with Crippen molar-refractivity contribution in [3.8, 4) is 5.75 Å². The van der Waals surface area contributed by atoms with Crippen molar-refractivity contribution in [3.05, 3.63) is 56.5 Å². The summed E-state index contributed by atoms with van der Waals surface area (Å²) in [4.78, 5) is 28.5. The molecule has 0 aliphatic carbocycles. The van der Waals surface area contributed by atoms with Crippen LogP contribution in [-0.2, 0) is 20.6 Å². The molecule has 1 unspecified atom stereocenters. The van der Waals surface area contributed by atoms with Crippen LogP contribution in [0.15, 0.2) is 34.1 Å². The largest absolute Gasteiger partial charge is 0.491 e. The molecular weight excluding hydrogens is 336 g/mol. The third-order valence-electron chi connectivity index (χ3n) is 4.39. The van der Waals surface area contributed by atoms with Crippen LogP contribution in [0.25, 0.3) is 11.2 Å². The lowest BCUT2D eigenvalue weighted by Gasteiger charge is -2.15. The minimum Gasteiger partial charge on any atom is -0.491 e. The summed E-state index contributed by atoms with van der Waals surface area (Å²) in [5.41, 5.74) is 1.83. The predicted octanol–water partition coefficient (Wildman–Crippen LogP) is 0.490. The Hall–Kier alpha value is -2.87. The molecule has 138 valence electrons. The predicted molar refractivity (Wildman–Crippen MR) is 97.6 cm³/mol. The van der Waals surface area contributed by atoms with Gasteiger partial charge in [-0.05, 0) is 25.5 Å². The number of aliphatic hydroxyl groups excluding tert-OH is 1. The fraction of sp³-hybridized carbons (Fsp3) is 0.389. The highest BCUT2D eigenvalue weighted by Crippen LogP contribution is 2.19. The first-order chi connectivity index (χ1) is 12.3. The number of nitrogens with zero attached hydrogens (tertiary/aromatic N) is 4. The number of fused-ring (bicyclic) bond motifs is 1. The van der Waals surface area contributed by atoms with Gasteiger partial charge in [-0.3, -0.25) is 13.9 Å². The number of aryl methyl sites for hydroxylation is 3. The van der Waals surface area contributed by atoms with Crippen molar-refractivity contribution in [1.29, 1.82) is 0 Å². The number of hydrogen-bond donors (Lipinski definition) is 1. The molecule has 0 radical (unpaired) electrons.